The summed E-state index contributed by atoms with van der Waals surface area (Å²) < 4.78 is 9.33. The lowest BCUT2D eigenvalue weighted by atomic mass is 10.1. The first-order valence-electron chi connectivity index (χ1n) is 7.81. The van der Waals surface area contributed by atoms with Crippen LogP contribution in [0.5, 0.6) is 0 Å². The highest BCUT2D eigenvalue weighted by Crippen LogP contribution is 2.28. The van der Waals surface area contributed by atoms with Crippen LogP contribution in [-0.4, -0.2) is 38.2 Å². The quantitative estimate of drug-likeness (QED) is 0.860. The van der Waals surface area contributed by atoms with Crippen LogP contribution in [0.2, 0.25) is 0 Å². The largest absolute Gasteiger partial charge is 0.371 e. The van der Waals surface area contributed by atoms with Crippen molar-refractivity contribution >= 4 is 6.03 Å². The van der Waals surface area contributed by atoms with Crippen LogP contribution in [0.15, 0.2) is 24.8 Å². The van der Waals surface area contributed by atoms with Gasteiger partial charge in [0, 0.05) is 50.3 Å². The van der Waals surface area contributed by atoms with Gasteiger partial charge in [0.25, 0.3) is 0 Å². The lowest BCUT2D eigenvalue weighted by molar-refractivity contribution is 0.0998. The van der Waals surface area contributed by atoms with Gasteiger partial charge in [-0.1, -0.05) is 0 Å². The number of aromatic nitrogens is 4. The van der Waals surface area contributed by atoms with Crippen molar-refractivity contribution in [3.05, 3.63) is 35.9 Å². The third kappa shape index (κ3) is 3.70. The van der Waals surface area contributed by atoms with E-state index in [9.17, 15) is 4.79 Å². The Morgan fingerprint density at radius 3 is 2.96 bits per heavy atom. The predicted molar refractivity (Wildman–Crippen MR) is 83.6 cm³/mol. The van der Waals surface area contributed by atoms with Crippen LogP contribution >= 0.6 is 0 Å². The predicted octanol–water partition coefficient (Wildman–Crippen LogP) is 0.966. The fraction of sp³-hybridized carbons (Fsp3) is 0.533. The van der Waals surface area contributed by atoms with Crippen molar-refractivity contribution < 1.29 is 9.53 Å². The minimum absolute atomic E-state index is 0.0431. The Morgan fingerprint density at radius 2 is 2.26 bits per heavy atom. The van der Waals surface area contributed by atoms with E-state index in [4.69, 9.17) is 4.74 Å². The molecule has 2 N–H and O–H groups in total. The topological polar surface area (TPSA) is 86.0 Å². The maximum absolute atomic E-state index is 12.1. The van der Waals surface area contributed by atoms with Crippen LogP contribution in [0.4, 0.5) is 4.79 Å². The van der Waals surface area contributed by atoms with Gasteiger partial charge in [-0.05, 0) is 13.3 Å². The third-order valence-corrected chi connectivity index (χ3v) is 3.93. The number of nitrogens with one attached hydrogen (secondary N) is 2. The standard InChI is InChI=1S/C15H22N6O2/c1-3-21-10-12(8-18-21)14-13(4-5-23-14)19-15(22)16-6-11-7-17-20(2)9-11/h7-10,13-14H,3-6H2,1-2H3,(H2,16,19,22)/t13-,14+/m0/s1. The molecule has 2 amide bonds. The lowest BCUT2D eigenvalue weighted by Crippen LogP contribution is -2.43. The summed E-state index contributed by atoms with van der Waals surface area (Å²) in [6, 6.07) is -0.240. The molecule has 0 radical (unpaired) electrons. The summed E-state index contributed by atoms with van der Waals surface area (Å²) in [5.74, 6) is 0. The number of carbonyl (C=O) groups excluding carboxylic acids is 1. The zero-order chi connectivity index (χ0) is 16.2. The lowest BCUT2D eigenvalue weighted by Gasteiger charge is -2.19. The average molecular weight is 318 g/mol. The van der Waals surface area contributed by atoms with E-state index >= 15 is 0 Å². The molecule has 2 aromatic heterocycles. The van der Waals surface area contributed by atoms with E-state index in [2.05, 4.69) is 20.8 Å². The van der Waals surface area contributed by atoms with Gasteiger partial charge in [-0.25, -0.2) is 4.79 Å². The molecule has 1 aliphatic heterocycles. The molecule has 0 bridgehead atoms. The van der Waals surface area contributed by atoms with E-state index in [1.807, 2.05) is 37.2 Å². The first-order valence-corrected chi connectivity index (χ1v) is 7.81. The number of hydrogen-bond acceptors (Lipinski definition) is 4. The van der Waals surface area contributed by atoms with Crippen LogP contribution in [0, 0.1) is 0 Å². The summed E-state index contributed by atoms with van der Waals surface area (Å²) in [4.78, 5) is 12.1. The zero-order valence-corrected chi connectivity index (χ0v) is 13.4. The summed E-state index contributed by atoms with van der Waals surface area (Å²) in [5.41, 5.74) is 1.97. The molecule has 2 aromatic rings. The summed E-state index contributed by atoms with van der Waals surface area (Å²) in [6.07, 6.45) is 8.05. The Labute approximate surface area is 134 Å². The fourth-order valence-electron chi connectivity index (χ4n) is 2.73. The van der Waals surface area contributed by atoms with Crippen LogP contribution < -0.4 is 10.6 Å². The molecule has 0 aromatic carbocycles. The average Bonchev–Trinajstić information content (AvgIpc) is 3.25. The Bertz CT molecular complexity index is 664. The van der Waals surface area contributed by atoms with E-state index in [0.29, 0.717) is 13.2 Å². The van der Waals surface area contributed by atoms with Crippen molar-refractivity contribution in [2.75, 3.05) is 6.61 Å². The minimum Gasteiger partial charge on any atom is -0.371 e. The van der Waals surface area contributed by atoms with Crippen molar-refractivity contribution in [3.8, 4) is 0 Å². The SMILES string of the molecule is CCn1cc([C@H]2OCC[C@@H]2NC(=O)NCc2cnn(C)c2)cn1. The second-order valence-electron chi connectivity index (χ2n) is 5.67. The van der Waals surface area contributed by atoms with E-state index < -0.39 is 0 Å². The molecule has 1 saturated heterocycles. The number of hydrogen-bond donors (Lipinski definition) is 2. The second kappa shape index (κ2) is 6.82. The highest BCUT2D eigenvalue weighted by Gasteiger charge is 2.31. The molecule has 0 aliphatic carbocycles. The van der Waals surface area contributed by atoms with Gasteiger partial charge in [0.1, 0.15) is 6.10 Å². The third-order valence-electron chi connectivity index (χ3n) is 3.93. The summed E-state index contributed by atoms with van der Waals surface area (Å²) in [7, 11) is 1.85. The number of urea groups is 1. The van der Waals surface area contributed by atoms with Crippen molar-refractivity contribution in [3.63, 3.8) is 0 Å². The molecule has 1 fully saturated rings. The highest BCUT2D eigenvalue weighted by atomic mass is 16.5. The molecule has 1 aliphatic rings. The number of nitrogens with zero attached hydrogens (tertiary/aromatic N) is 4. The van der Waals surface area contributed by atoms with E-state index in [1.165, 1.54) is 0 Å². The van der Waals surface area contributed by atoms with Crippen LogP contribution in [-0.2, 0) is 24.9 Å². The molecule has 0 saturated carbocycles. The molecular formula is C15H22N6O2. The minimum atomic E-state index is -0.197. The van der Waals surface area contributed by atoms with Gasteiger partial charge in [0.05, 0.1) is 18.4 Å². The van der Waals surface area contributed by atoms with Crippen molar-refractivity contribution in [2.24, 2.45) is 7.05 Å². The molecule has 3 rings (SSSR count). The molecule has 23 heavy (non-hydrogen) atoms. The molecule has 0 spiro atoms. The molecular weight excluding hydrogens is 296 g/mol. The Kier molecular flexibility index (Phi) is 4.61. The number of carbonyl (C=O) groups is 1. The zero-order valence-electron chi connectivity index (χ0n) is 13.4. The second-order valence-corrected chi connectivity index (χ2v) is 5.67. The summed E-state index contributed by atoms with van der Waals surface area (Å²) in [6.45, 7) is 3.94. The molecule has 8 nitrogen and oxygen atoms in total. The van der Waals surface area contributed by atoms with Crippen LogP contribution in [0.1, 0.15) is 30.6 Å². The van der Waals surface area contributed by atoms with Crippen molar-refractivity contribution in [1.82, 2.24) is 30.2 Å². The molecule has 124 valence electrons. The highest BCUT2D eigenvalue weighted by molar-refractivity contribution is 5.74. The van der Waals surface area contributed by atoms with Crippen LogP contribution in [0.25, 0.3) is 0 Å². The van der Waals surface area contributed by atoms with E-state index in [-0.39, 0.29) is 18.2 Å². The summed E-state index contributed by atoms with van der Waals surface area (Å²) in [5, 5.41) is 14.2. The summed E-state index contributed by atoms with van der Waals surface area (Å²) >= 11 is 0. The molecule has 0 unspecified atom stereocenters. The van der Waals surface area contributed by atoms with Gasteiger partial charge in [-0.2, -0.15) is 10.2 Å². The monoisotopic (exact) mass is 318 g/mol. The van der Waals surface area contributed by atoms with Gasteiger partial charge in [-0.15, -0.1) is 0 Å². The van der Waals surface area contributed by atoms with Gasteiger partial charge < -0.3 is 15.4 Å². The van der Waals surface area contributed by atoms with Gasteiger partial charge >= 0.3 is 6.03 Å². The van der Waals surface area contributed by atoms with E-state index in [0.717, 1.165) is 24.1 Å². The number of aryl methyl sites for hydroxylation is 2. The Morgan fingerprint density at radius 1 is 1.39 bits per heavy atom. The number of ether oxygens (including phenoxy) is 1. The first-order chi connectivity index (χ1) is 11.2. The van der Waals surface area contributed by atoms with Gasteiger partial charge in [0.15, 0.2) is 0 Å². The number of rotatable bonds is 5. The smallest absolute Gasteiger partial charge is 0.315 e. The Balaban J connectivity index is 1.54. The Hall–Kier alpha value is -2.35. The maximum Gasteiger partial charge on any atom is 0.315 e. The normalized spacial score (nSPS) is 20.6. The van der Waals surface area contributed by atoms with E-state index in [1.54, 1.807) is 10.9 Å². The first kappa shape index (κ1) is 15.5. The van der Waals surface area contributed by atoms with Crippen LogP contribution in [0.3, 0.4) is 0 Å². The maximum atomic E-state index is 12.1. The fourth-order valence-corrected chi connectivity index (χ4v) is 2.73. The van der Waals surface area contributed by atoms with Crippen molar-refractivity contribution in [1.29, 1.82) is 0 Å². The molecule has 8 heteroatoms. The van der Waals surface area contributed by atoms with Crippen molar-refractivity contribution in [2.45, 2.75) is 38.6 Å². The van der Waals surface area contributed by atoms with Gasteiger partial charge in [-0.3, -0.25) is 9.36 Å². The number of amides is 2. The molecule has 2 atom stereocenters. The molecule has 3 heterocycles. The van der Waals surface area contributed by atoms with Gasteiger partial charge in [0.2, 0.25) is 0 Å².